The van der Waals surface area contributed by atoms with E-state index in [1.807, 2.05) is 0 Å². The lowest BCUT2D eigenvalue weighted by Gasteiger charge is -2.15. The number of ether oxygens (including phenoxy) is 2. The Hall–Kier alpha value is -0.650. The molecule has 1 unspecified atom stereocenters. The van der Waals surface area contributed by atoms with Crippen LogP contribution in [0.2, 0.25) is 0 Å². The third-order valence-electron chi connectivity index (χ3n) is 2.38. The summed E-state index contributed by atoms with van der Waals surface area (Å²) in [4.78, 5) is 10.4. The van der Waals surface area contributed by atoms with Gasteiger partial charge < -0.3 is 20.5 Å². The molecule has 1 atom stereocenters. The van der Waals surface area contributed by atoms with Crippen molar-refractivity contribution in [3.05, 3.63) is 0 Å². The topological polar surface area (TPSA) is 73.6 Å². The molecular weight excluding hydrogens is 196 g/mol. The molecule has 0 aromatic carbocycles. The Morgan fingerprint density at radius 3 is 3.13 bits per heavy atom. The van der Waals surface area contributed by atoms with Crippen LogP contribution in [-0.2, 0) is 14.3 Å². The second kappa shape index (κ2) is 7.62. The van der Waals surface area contributed by atoms with Gasteiger partial charge in [-0.05, 0) is 19.3 Å². The van der Waals surface area contributed by atoms with Gasteiger partial charge in [-0.15, -0.1) is 0 Å². The number of hydrogen-bond donors (Lipinski definition) is 2. The molecular formula is C10H20N2O3. The number of amides is 1. The summed E-state index contributed by atoms with van der Waals surface area (Å²) >= 11 is 0. The molecule has 0 aromatic rings. The smallest absolute Gasteiger partial charge is 0.243 e. The van der Waals surface area contributed by atoms with E-state index >= 15 is 0 Å². The molecule has 1 heterocycles. The quantitative estimate of drug-likeness (QED) is 0.595. The monoisotopic (exact) mass is 216 g/mol. The zero-order valence-electron chi connectivity index (χ0n) is 9.04. The van der Waals surface area contributed by atoms with E-state index < -0.39 is 5.91 Å². The molecule has 1 aliphatic heterocycles. The van der Waals surface area contributed by atoms with Gasteiger partial charge in [-0.1, -0.05) is 0 Å². The average molecular weight is 216 g/mol. The summed E-state index contributed by atoms with van der Waals surface area (Å²) in [6.45, 7) is 3.00. The third kappa shape index (κ3) is 6.43. The molecule has 1 aliphatic rings. The maximum absolute atomic E-state index is 10.4. The van der Waals surface area contributed by atoms with E-state index in [-0.39, 0.29) is 6.61 Å². The number of carbonyl (C=O) groups excluding carboxylic acids is 1. The minimum atomic E-state index is -0.419. The zero-order chi connectivity index (χ0) is 10.9. The van der Waals surface area contributed by atoms with Gasteiger partial charge in [-0.3, -0.25) is 4.79 Å². The SMILES string of the molecule is NC(=O)COCCNC1CCCOCC1. The Labute approximate surface area is 90.3 Å². The number of hydrogen-bond acceptors (Lipinski definition) is 4. The molecule has 15 heavy (non-hydrogen) atoms. The third-order valence-corrected chi connectivity index (χ3v) is 2.38. The van der Waals surface area contributed by atoms with Crippen molar-refractivity contribution in [2.24, 2.45) is 5.73 Å². The molecule has 0 spiro atoms. The van der Waals surface area contributed by atoms with Crippen LogP contribution in [-0.4, -0.2) is 44.9 Å². The van der Waals surface area contributed by atoms with Crippen molar-refractivity contribution in [2.75, 3.05) is 33.0 Å². The summed E-state index contributed by atoms with van der Waals surface area (Å²) in [5.74, 6) is -0.419. The first-order valence-electron chi connectivity index (χ1n) is 5.46. The highest BCUT2D eigenvalue weighted by atomic mass is 16.5. The number of rotatable bonds is 6. The van der Waals surface area contributed by atoms with Gasteiger partial charge in [0.2, 0.25) is 5.91 Å². The average Bonchev–Trinajstić information content (AvgIpc) is 2.45. The molecule has 0 aliphatic carbocycles. The predicted molar refractivity (Wildman–Crippen MR) is 56.5 cm³/mol. The molecule has 5 nitrogen and oxygen atoms in total. The summed E-state index contributed by atoms with van der Waals surface area (Å²) in [5, 5.41) is 3.38. The van der Waals surface area contributed by atoms with Crippen molar-refractivity contribution in [3.8, 4) is 0 Å². The Morgan fingerprint density at radius 1 is 1.47 bits per heavy atom. The van der Waals surface area contributed by atoms with E-state index in [0.29, 0.717) is 12.6 Å². The van der Waals surface area contributed by atoms with Gasteiger partial charge in [0.1, 0.15) is 6.61 Å². The first-order valence-corrected chi connectivity index (χ1v) is 5.46. The summed E-state index contributed by atoms with van der Waals surface area (Å²) in [5.41, 5.74) is 4.94. The van der Waals surface area contributed by atoms with Gasteiger partial charge in [0.05, 0.1) is 6.61 Å². The molecule has 0 bridgehead atoms. The van der Waals surface area contributed by atoms with Crippen LogP contribution in [0.1, 0.15) is 19.3 Å². The standard InChI is InChI=1S/C10H20N2O3/c11-10(13)8-15-7-4-12-9-2-1-5-14-6-3-9/h9,12H,1-8H2,(H2,11,13). The van der Waals surface area contributed by atoms with Crippen LogP contribution in [0.3, 0.4) is 0 Å². The molecule has 0 radical (unpaired) electrons. The van der Waals surface area contributed by atoms with Gasteiger partial charge in [0.25, 0.3) is 0 Å². The normalized spacial score (nSPS) is 22.3. The Kier molecular flexibility index (Phi) is 6.31. The van der Waals surface area contributed by atoms with E-state index in [1.54, 1.807) is 0 Å². The number of nitrogens with one attached hydrogen (secondary N) is 1. The van der Waals surface area contributed by atoms with Gasteiger partial charge in [0.15, 0.2) is 0 Å². The van der Waals surface area contributed by atoms with Crippen molar-refractivity contribution < 1.29 is 14.3 Å². The summed E-state index contributed by atoms with van der Waals surface area (Å²) in [6.07, 6.45) is 3.31. The second-order valence-electron chi connectivity index (χ2n) is 3.71. The first-order chi connectivity index (χ1) is 7.29. The van der Waals surface area contributed by atoms with Gasteiger partial charge in [-0.2, -0.15) is 0 Å². The van der Waals surface area contributed by atoms with Crippen molar-refractivity contribution in [2.45, 2.75) is 25.3 Å². The van der Waals surface area contributed by atoms with E-state index in [0.717, 1.165) is 39.0 Å². The predicted octanol–water partition coefficient (Wildman–Crippen LogP) is -0.353. The Bertz CT molecular complexity index is 180. The summed E-state index contributed by atoms with van der Waals surface area (Å²) in [7, 11) is 0. The molecule has 5 heteroatoms. The summed E-state index contributed by atoms with van der Waals surface area (Å²) in [6, 6.07) is 0.518. The molecule has 1 amide bonds. The minimum Gasteiger partial charge on any atom is -0.381 e. The fourth-order valence-electron chi connectivity index (χ4n) is 1.62. The molecule has 1 rings (SSSR count). The van der Waals surface area contributed by atoms with E-state index in [1.165, 1.54) is 0 Å². The lowest BCUT2D eigenvalue weighted by Crippen LogP contribution is -2.32. The summed E-state index contributed by atoms with van der Waals surface area (Å²) < 4.78 is 10.4. The first kappa shape index (κ1) is 12.4. The van der Waals surface area contributed by atoms with E-state index in [4.69, 9.17) is 15.2 Å². The zero-order valence-corrected chi connectivity index (χ0v) is 9.04. The minimum absolute atomic E-state index is 0.00938. The van der Waals surface area contributed by atoms with Gasteiger partial charge in [-0.25, -0.2) is 0 Å². The molecule has 0 saturated carbocycles. The molecule has 1 fully saturated rings. The fraction of sp³-hybridized carbons (Fsp3) is 0.900. The number of carbonyl (C=O) groups is 1. The number of nitrogens with two attached hydrogens (primary N) is 1. The maximum Gasteiger partial charge on any atom is 0.243 e. The van der Waals surface area contributed by atoms with Crippen molar-refractivity contribution >= 4 is 5.91 Å². The Morgan fingerprint density at radius 2 is 2.33 bits per heavy atom. The second-order valence-corrected chi connectivity index (χ2v) is 3.71. The number of primary amides is 1. The van der Waals surface area contributed by atoms with Crippen LogP contribution in [0.15, 0.2) is 0 Å². The van der Waals surface area contributed by atoms with Gasteiger partial charge in [0, 0.05) is 25.8 Å². The van der Waals surface area contributed by atoms with Crippen LogP contribution >= 0.6 is 0 Å². The largest absolute Gasteiger partial charge is 0.381 e. The van der Waals surface area contributed by atoms with E-state index in [2.05, 4.69) is 5.32 Å². The lowest BCUT2D eigenvalue weighted by molar-refractivity contribution is -0.122. The van der Waals surface area contributed by atoms with Crippen LogP contribution in [0.5, 0.6) is 0 Å². The highest BCUT2D eigenvalue weighted by Crippen LogP contribution is 2.07. The van der Waals surface area contributed by atoms with E-state index in [9.17, 15) is 4.79 Å². The van der Waals surface area contributed by atoms with Gasteiger partial charge >= 0.3 is 0 Å². The van der Waals surface area contributed by atoms with Crippen LogP contribution in [0.25, 0.3) is 0 Å². The van der Waals surface area contributed by atoms with Crippen LogP contribution in [0, 0.1) is 0 Å². The van der Waals surface area contributed by atoms with Crippen LogP contribution < -0.4 is 11.1 Å². The molecule has 1 saturated heterocycles. The molecule has 0 aromatic heterocycles. The highest BCUT2D eigenvalue weighted by molar-refractivity contribution is 5.74. The van der Waals surface area contributed by atoms with Crippen molar-refractivity contribution in [1.29, 1.82) is 0 Å². The fourth-order valence-corrected chi connectivity index (χ4v) is 1.62. The van der Waals surface area contributed by atoms with Crippen molar-refractivity contribution in [3.63, 3.8) is 0 Å². The highest BCUT2D eigenvalue weighted by Gasteiger charge is 2.10. The maximum atomic E-state index is 10.4. The lowest BCUT2D eigenvalue weighted by atomic mass is 10.1. The van der Waals surface area contributed by atoms with Crippen LogP contribution in [0.4, 0.5) is 0 Å². The molecule has 3 N–H and O–H groups in total. The van der Waals surface area contributed by atoms with Crippen molar-refractivity contribution in [1.82, 2.24) is 5.32 Å². The molecule has 88 valence electrons. The Balaban J connectivity index is 1.96.